The topological polar surface area (TPSA) is 57.6 Å². The smallest absolute Gasteiger partial charge is 0.229 e. The molecule has 1 aliphatic heterocycles. The standard InChI is InChI=1S/C11H19NO3/c1-2-9(7-8-13)12-10(14)5-3-4-6-11(12)15/h9,13H,2-8H2,1H3. The summed E-state index contributed by atoms with van der Waals surface area (Å²) in [5, 5.41) is 8.89. The van der Waals surface area contributed by atoms with E-state index in [4.69, 9.17) is 5.11 Å². The Kier molecular flexibility index (Phi) is 4.75. The number of hydrogen-bond acceptors (Lipinski definition) is 3. The van der Waals surface area contributed by atoms with Gasteiger partial charge in [0.2, 0.25) is 11.8 Å². The summed E-state index contributed by atoms with van der Waals surface area (Å²) >= 11 is 0. The molecule has 1 unspecified atom stereocenters. The monoisotopic (exact) mass is 213 g/mol. The zero-order valence-electron chi connectivity index (χ0n) is 9.24. The van der Waals surface area contributed by atoms with Crippen LogP contribution in [0.4, 0.5) is 0 Å². The Hall–Kier alpha value is -0.900. The largest absolute Gasteiger partial charge is 0.396 e. The summed E-state index contributed by atoms with van der Waals surface area (Å²) in [5.41, 5.74) is 0. The Labute approximate surface area is 90.3 Å². The van der Waals surface area contributed by atoms with Gasteiger partial charge in [0.05, 0.1) is 0 Å². The summed E-state index contributed by atoms with van der Waals surface area (Å²) in [6, 6.07) is -0.118. The predicted octanol–water partition coefficient (Wildman–Crippen LogP) is 1.08. The molecule has 1 atom stereocenters. The van der Waals surface area contributed by atoms with Gasteiger partial charge < -0.3 is 5.11 Å². The molecule has 1 saturated heterocycles. The van der Waals surface area contributed by atoms with Gasteiger partial charge in [0.25, 0.3) is 0 Å². The van der Waals surface area contributed by atoms with Crippen molar-refractivity contribution in [2.24, 2.45) is 0 Å². The average molecular weight is 213 g/mol. The highest BCUT2D eigenvalue weighted by Crippen LogP contribution is 2.18. The molecule has 15 heavy (non-hydrogen) atoms. The minimum atomic E-state index is -0.118. The van der Waals surface area contributed by atoms with Gasteiger partial charge in [-0.3, -0.25) is 14.5 Å². The fourth-order valence-corrected chi connectivity index (χ4v) is 2.00. The zero-order valence-corrected chi connectivity index (χ0v) is 9.24. The van der Waals surface area contributed by atoms with E-state index in [1.54, 1.807) is 0 Å². The summed E-state index contributed by atoms with van der Waals surface area (Å²) < 4.78 is 0. The van der Waals surface area contributed by atoms with E-state index in [9.17, 15) is 9.59 Å². The molecule has 0 saturated carbocycles. The first-order valence-corrected chi connectivity index (χ1v) is 5.66. The van der Waals surface area contributed by atoms with Crippen LogP contribution in [0.2, 0.25) is 0 Å². The van der Waals surface area contributed by atoms with Gasteiger partial charge in [-0.1, -0.05) is 6.92 Å². The zero-order chi connectivity index (χ0) is 11.3. The van der Waals surface area contributed by atoms with E-state index in [0.717, 1.165) is 19.3 Å². The molecular weight excluding hydrogens is 194 g/mol. The Morgan fingerprint density at radius 1 is 1.27 bits per heavy atom. The van der Waals surface area contributed by atoms with E-state index in [1.165, 1.54) is 4.90 Å². The van der Waals surface area contributed by atoms with Gasteiger partial charge in [-0.25, -0.2) is 0 Å². The van der Waals surface area contributed by atoms with Crippen molar-refractivity contribution in [3.8, 4) is 0 Å². The number of rotatable bonds is 4. The fourth-order valence-electron chi connectivity index (χ4n) is 2.00. The lowest BCUT2D eigenvalue weighted by Crippen LogP contribution is -2.43. The third kappa shape index (κ3) is 3.02. The number of aliphatic hydroxyl groups excluding tert-OH is 1. The quantitative estimate of drug-likeness (QED) is 0.711. The molecule has 0 bridgehead atoms. The molecule has 1 N–H and O–H groups in total. The number of carbonyl (C=O) groups excluding carboxylic acids is 2. The van der Waals surface area contributed by atoms with Gasteiger partial charge in [-0.2, -0.15) is 0 Å². The van der Waals surface area contributed by atoms with Crippen LogP contribution in [0.1, 0.15) is 45.4 Å². The lowest BCUT2D eigenvalue weighted by atomic mass is 10.1. The van der Waals surface area contributed by atoms with E-state index >= 15 is 0 Å². The lowest BCUT2D eigenvalue weighted by Gasteiger charge is -2.27. The van der Waals surface area contributed by atoms with Gasteiger partial charge in [0.1, 0.15) is 0 Å². The van der Waals surface area contributed by atoms with E-state index in [-0.39, 0.29) is 24.5 Å². The highest BCUT2D eigenvalue weighted by molar-refractivity contribution is 5.96. The number of hydrogen-bond donors (Lipinski definition) is 1. The number of nitrogens with zero attached hydrogens (tertiary/aromatic N) is 1. The normalized spacial score (nSPS) is 20.3. The van der Waals surface area contributed by atoms with Crippen molar-refractivity contribution in [2.45, 2.75) is 51.5 Å². The van der Waals surface area contributed by atoms with Gasteiger partial charge >= 0.3 is 0 Å². The second-order valence-corrected chi connectivity index (χ2v) is 3.94. The van der Waals surface area contributed by atoms with Gasteiger partial charge in [-0.15, -0.1) is 0 Å². The van der Waals surface area contributed by atoms with E-state index < -0.39 is 0 Å². The molecule has 4 heteroatoms. The van der Waals surface area contributed by atoms with Crippen LogP contribution in [0.5, 0.6) is 0 Å². The highest BCUT2D eigenvalue weighted by atomic mass is 16.3. The first-order chi connectivity index (χ1) is 7.20. The molecule has 86 valence electrons. The van der Waals surface area contributed by atoms with Crippen molar-refractivity contribution in [3.63, 3.8) is 0 Å². The molecule has 0 aromatic heterocycles. The van der Waals surface area contributed by atoms with Crippen molar-refractivity contribution < 1.29 is 14.7 Å². The van der Waals surface area contributed by atoms with Gasteiger partial charge in [0, 0.05) is 25.5 Å². The van der Waals surface area contributed by atoms with Gasteiger partial charge in [-0.05, 0) is 25.7 Å². The van der Waals surface area contributed by atoms with Crippen LogP contribution >= 0.6 is 0 Å². The number of carbonyl (C=O) groups is 2. The molecule has 0 aromatic rings. The van der Waals surface area contributed by atoms with Crippen molar-refractivity contribution >= 4 is 11.8 Å². The van der Waals surface area contributed by atoms with Crippen LogP contribution < -0.4 is 0 Å². The van der Waals surface area contributed by atoms with Crippen LogP contribution in [0.25, 0.3) is 0 Å². The number of likely N-dealkylation sites (tertiary alicyclic amines) is 1. The molecule has 0 radical (unpaired) electrons. The Morgan fingerprint density at radius 2 is 1.80 bits per heavy atom. The molecule has 1 fully saturated rings. The van der Waals surface area contributed by atoms with Crippen LogP contribution in [0.3, 0.4) is 0 Å². The molecule has 1 heterocycles. The maximum Gasteiger partial charge on any atom is 0.229 e. The Bertz CT molecular complexity index is 222. The number of aliphatic hydroxyl groups is 1. The molecule has 1 aliphatic rings. The van der Waals surface area contributed by atoms with E-state index in [0.29, 0.717) is 19.3 Å². The first-order valence-electron chi connectivity index (χ1n) is 5.66. The second kappa shape index (κ2) is 5.85. The lowest BCUT2D eigenvalue weighted by molar-refractivity contribution is -0.147. The third-order valence-electron chi connectivity index (χ3n) is 2.87. The molecule has 4 nitrogen and oxygen atoms in total. The summed E-state index contributed by atoms with van der Waals surface area (Å²) in [6.45, 7) is 1.96. The molecule has 0 aromatic carbocycles. The van der Waals surface area contributed by atoms with Crippen molar-refractivity contribution in [1.82, 2.24) is 4.90 Å². The molecule has 2 amide bonds. The van der Waals surface area contributed by atoms with E-state index in [2.05, 4.69) is 0 Å². The van der Waals surface area contributed by atoms with Gasteiger partial charge in [0.15, 0.2) is 0 Å². The molecule has 1 rings (SSSR count). The minimum Gasteiger partial charge on any atom is -0.396 e. The highest BCUT2D eigenvalue weighted by Gasteiger charge is 2.29. The predicted molar refractivity (Wildman–Crippen MR) is 56.1 cm³/mol. The van der Waals surface area contributed by atoms with Crippen LogP contribution in [0, 0.1) is 0 Å². The van der Waals surface area contributed by atoms with Crippen molar-refractivity contribution in [1.29, 1.82) is 0 Å². The maximum absolute atomic E-state index is 11.7. The van der Waals surface area contributed by atoms with Crippen LogP contribution in [-0.4, -0.2) is 34.5 Å². The van der Waals surface area contributed by atoms with Crippen LogP contribution in [0.15, 0.2) is 0 Å². The summed E-state index contributed by atoms with van der Waals surface area (Å²) in [7, 11) is 0. The summed E-state index contributed by atoms with van der Waals surface area (Å²) in [6.07, 6.45) is 3.75. The molecule has 0 aliphatic carbocycles. The number of imide groups is 1. The van der Waals surface area contributed by atoms with Crippen molar-refractivity contribution in [3.05, 3.63) is 0 Å². The fraction of sp³-hybridized carbons (Fsp3) is 0.818. The van der Waals surface area contributed by atoms with E-state index in [1.807, 2.05) is 6.92 Å². The third-order valence-corrected chi connectivity index (χ3v) is 2.87. The van der Waals surface area contributed by atoms with Crippen LogP contribution in [-0.2, 0) is 9.59 Å². The molecular formula is C11H19NO3. The Balaban J connectivity index is 2.75. The minimum absolute atomic E-state index is 0.0234. The number of amides is 2. The second-order valence-electron chi connectivity index (χ2n) is 3.94. The van der Waals surface area contributed by atoms with Crippen molar-refractivity contribution in [2.75, 3.05) is 6.61 Å². The summed E-state index contributed by atoms with van der Waals surface area (Å²) in [5.74, 6) is -0.143. The SMILES string of the molecule is CCC(CCO)N1C(=O)CCCCC1=O. The average Bonchev–Trinajstić information content (AvgIpc) is 2.38. The summed E-state index contributed by atoms with van der Waals surface area (Å²) in [4.78, 5) is 24.8. The first kappa shape index (κ1) is 12.2. The molecule has 0 spiro atoms. The Morgan fingerprint density at radius 3 is 2.20 bits per heavy atom. The maximum atomic E-state index is 11.7.